The van der Waals surface area contributed by atoms with Gasteiger partial charge in [-0.3, -0.25) is 9.78 Å². The molecule has 2 aliphatic heterocycles. The number of para-hydroxylation sites is 1. The van der Waals surface area contributed by atoms with Gasteiger partial charge in [0.2, 0.25) is 0 Å². The van der Waals surface area contributed by atoms with Crippen LogP contribution in [0.15, 0.2) is 85.1 Å². The second-order valence-corrected chi connectivity index (χ2v) is 11.3. The van der Waals surface area contributed by atoms with E-state index in [4.69, 9.17) is 4.74 Å². The number of amides is 1. The average Bonchev–Trinajstić information content (AvgIpc) is 3.29. The van der Waals surface area contributed by atoms with Gasteiger partial charge < -0.3 is 9.64 Å². The number of carbonyl (C=O) groups is 2. The molecule has 196 valence electrons. The number of pyridine rings is 1. The molecule has 39 heavy (non-hydrogen) atoms. The fraction of sp³-hybridized carbons (Fsp3) is 0.324. The van der Waals surface area contributed by atoms with Crippen LogP contribution in [0.4, 0.5) is 4.79 Å². The lowest BCUT2D eigenvalue weighted by Gasteiger charge is -2.47. The molecule has 0 spiro atoms. The third kappa shape index (κ3) is 4.30. The summed E-state index contributed by atoms with van der Waals surface area (Å²) in [5.41, 5.74) is 6.79. The maximum atomic E-state index is 13.5. The minimum absolute atomic E-state index is 0.0306. The SMILES string of the molecule is O=C(Cc1cccc2cccnc12)C1CC2CCCC(C1)N2C(=O)OCC1c2ccccc2-c2ccccc21. The van der Waals surface area contributed by atoms with Crippen LogP contribution in [0.2, 0.25) is 0 Å². The zero-order valence-corrected chi connectivity index (χ0v) is 22.0. The summed E-state index contributed by atoms with van der Waals surface area (Å²) < 4.78 is 6.05. The predicted molar refractivity (Wildman–Crippen MR) is 152 cm³/mol. The molecule has 2 unspecified atom stereocenters. The number of nitrogens with zero attached hydrogens (tertiary/aromatic N) is 2. The van der Waals surface area contributed by atoms with Crippen LogP contribution < -0.4 is 0 Å². The summed E-state index contributed by atoms with van der Waals surface area (Å²) >= 11 is 0. The molecule has 5 heteroatoms. The van der Waals surface area contributed by atoms with Crippen molar-refractivity contribution < 1.29 is 14.3 Å². The summed E-state index contributed by atoms with van der Waals surface area (Å²) in [6, 6.07) is 27.0. The van der Waals surface area contributed by atoms with E-state index in [1.807, 2.05) is 35.2 Å². The molecule has 2 atom stereocenters. The van der Waals surface area contributed by atoms with E-state index in [9.17, 15) is 9.59 Å². The molecule has 3 aliphatic rings. The highest BCUT2D eigenvalue weighted by atomic mass is 16.6. The first-order chi connectivity index (χ1) is 19.2. The van der Waals surface area contributed by atoms with Gasteiger partial charge in [0.05, 0.1) is 5.52 Å². The summed E-state index contributed by atoms with van der Waals surface area (Å²) in [5, 5.41) is 1.06. The van der Waals surface area contributed by atoms with E-state index in [0.29, 0.717) is 13.0 Å². The minimum Gasteiger partial charge on any atom is -0.448 e. The van der Waals surface area contributed by atoms with Crippen molar-refractivity contribution in [3.05, 3.63) is 102 Å². The predicted octanol–water partition coefficient (Wildman–Crippen LogP) is 6.93. The van der Waals surface area contributed by atoms with Crippen LogP contribution in [0, 0.1) is 5.92 Å². The second kappa shape index (κ2) is 9.96. The number of benzene rings is 3. The van der Waals surface area contributed by atoms with Gasteiger partial charge in [0, 0.05) is 41.9 Å². The van der Waals surface area contributed by atoms with Crippen molar-refractivity contribution in [3.8, 4) is 11.1 Å². The van der Waals surface area contributed by atoms with Crippen molar-refractivity contribution in [2.24, 2.45) is 5.92 Å². The Kier molecular flexibility index (Phi) is 6.15. The molecular formula is C34H32N2O3. The molecule has 5 nitrogen and oxygen atoms in total. The number of hydrogen-bond donors (Lipinski definition) is 0. The van der Waals surface area contributed by atoms with Crippen molar-refractivity contribution in [2.75, 3.05) is 6.61 Å². The number of rotatable bonds is 5. The van der Waals surface area contributed by atoms with Gasteiger partial charge in [-0.25, -0.2) is 4.79 Å². The molecule has 4 aromatic rings. The Morgan fingerprint density at radius 2 is 1.49 bits per heavy atom. The minimum atomic E-state index is -0.226. The molecule has 1 amide bonds. The van der Waals surface area contributed by atoms with Crippen molar-refractivity contribution in [1.29, 1.82) is 0 Å². The second-order valence-electron chi connectivity index (χ2n) is 11.3. The monoisotopic (exact) mass is 516 g/mol. The van der Waals surface area contributed by atoms with Gasteiger partial charge in [-0.1, -0.05) is 72.8 Å². The van der Waals surface area contributed by atoms with Gasteiger partial charge in [-0.2, -0.15) is 0 Å². The van der Waals surface area contributed by atoms with Gasteiger partial charge in [0.25, 0.3) is 0 Å². The number of aromatic nitrogens is 1. The summed E-state index contributed by atoms with van der Waals surface area (Å²) in [6.07, 6.45) is 6.35. The van der Waals surface area contributed by atoms with Crippen LogP contribution in [0.3, 0.4) is 0 Å². The number of carbonyl (C=O) groups excluding carboxylic acids is 2. The van der Waals surface area contributed by atoms with E-state index >= 15 is 0 Å². The van der Waals surface area contributed by atoms with Crippen LogP contribution in [0.1, 0.15) is 54.7 Å². The van der Waals surface area contributed by atoms with Gasteiger partial charge in [-0.05, 0) is 66.0 Å². The Labute approximate surface area is 228 Å². The first-order valence-electron chi connectivity index (χ1n) is 14.2. The topological polar surface area (TPSA) is 59.5 Å². The lowest BCUT2D eigenvalue weighted by molar-refractivity contribution is -0.126. The molecule has 1 aromatic heterocycles. The van der Waals surface area contributed by atoms with Crippen LogP contribution in [0.25, 0.3) is 22.0 Å². The quantitative estimate of drug-likeness (QED) is 0.289. The Morgan fingerprint density at radius 1 is 0.821 bits per heavy atom. The number of piperidine rings is 2. The molecular weight excluding hydrogens is 484 g/mol. The van der Waals surface area contributed by atoms with Gasteiger partial charge in [0.1, 0.15) is 12.4 Å². The smallest absolute Gasteiger partial charge is 0.410 e. The Hall–Kier alpha value is -3.99. The molecule has 0 N–H and O–H groups in total. The van der Waals surface area contributed by atoms with Crippen LogP contribution in [-0.4, -0.2) is 40.5 Å². The zero-order valence-electron chi connectivity index (χ0n) is 22.0. The van der Waals surface area contributed by atoms with Crippen molar-refractivity contribution >= 4 is 22.8 Å². The molecule has 3 heterocycles. The van der Waals surface area contributed by atoms with Crippen molar-refractivity contribution in [3.63, 3.8) is 0 Å². The molecule has 3 aromatic carbocycles. The van der Waals surface area contributed by atoms with E-state index in [-0.39, 0.29) is 35.8 Å². The maximum Gasteiger partial charge on any atom is 0.410 e. The van der Waals surface area contributed by atoms with Crippen molar-refractivity contribution in [2.45, 2.75) is 56.5 Å². The average molecular weight is 517 g/mol. The number of ketones is 1. The summed E-state index contributed by atoms with van der Waals surface area (Å²) in [5.74, 6) is 0.281. The molecule has 0 saturated carbocycles. The van der Waals surface area contributed by atoms with E-state index in [0.717, 1.165) is 48.6 Å². The van der Waals surface area contributed by atoms with E-state index in [1.54, 1.807) is 6.20 Å². The summed E-state index contributed by atoms with van der Waals surface area (Å²) in [4.78, 5) is 33.5. The zero-order chi connectivity index (χ0) is 26.3. The largest absolute Gasteiger partial charge is 0.448 e. The standard InChI is InChI=1S/C34H32N2O3/c37-32(20-23-9-5-8-22-10-7-17-35-33(22)23)24-18-25-11-6-12-26(19-24)36(25)34(38)39-21-31-29-15-3-1-13-27(29)28-14-2-4-16-30(28)31/h1-5,7-10,13-17,24-26,31H,6,11-12,18-21H2. The van der Waals surface area contributed by atoms with Crippen molar-refractivity contribution in [1.82, 2.24) is 9.88 Å². The third-order valence-electron chi connectivity index (χ3n) is 9.06. The van der Waals surface area contributed by atoms with E-state index in [1.165, 1.54) is 22.3 Å². The summed E-state index contributed by atoms with van der Waals surface area (Å²) in [7, 11) is 0. The first-order valence-corrected chi connectivity index (χ1v) is 14.2. The lowest BCUT2D eigenvalue weighted by Crippen LogP contribution is -2.56. The first kappa shape index (κ1) is 24.1. The van der Waals surface area contributed by atoms with E-state index < -0.39 is 0 Å². The highest BCUT2D eigenvalue weighted by molar-refractivity contribution is 5.90. The molecule has 0 radical (unpaired) electrons. The highest BCUT2D eigenvalue weighted by Crippen LogP contribution is 2.45. The number of hydrogen-bond acceptors (Lipinski definition) is 4. The normalized spacial score (nSPS) is 21.8. The Bertz CT molecular complexity index is 1500. The number of fused-ring (bicyclic) bond motifs is 6. The lowest BCUT2D eigenvalue weighted by atomic mass is 9.76. The van der Waals surface area contributed by atoms with Gasteiger partial charge in [0.15, 0.2) is 0 Å². The molecule has 2 fully saturated rings. The highest BCUT2D eigenvalue weighted by Gasteiger charge is 2.44. The fourth-order valence-electron chi connectivity index (χ4n) is 7.25. The van der Waals surface area contributed by atoms with Crippen LogP contribution in [0.5, 0.6) is 0 Å². The molecule has 2 bridgehead atoms. The molecule has 1 aliphatic carbocycles. The van der Waals surface area contributed by atoms with Crippen LogP contribution >= 0.6 is 0 Å². The third-order valence-corrected chi connectivity index (χ3v) is 9.06. The fourth-order valence-corrected chi connectivity index (χ4v) is 7.25. The summed E-state index contributed by atoms with van der Waals surface area (Å²) in [6.45, 7) is 0.333. The van der Waals surface area contributed by atoms with Gasteiger partial charge >= 0.3 is 6.09 Å². The molecule has 2 saturated heterocycles. The number of ether oxygens (including phenoxy) is 1. The van der Waals surface area contributed by atoms with Crippen LogP contribution in [-0.2, 0) is 16.0 Å². The Balaban J connectivity index is 1.04. The van der Waals surface area contributed by atoms with Gasteiger partial charge in [-0.15, -0.1) is 0 Å². The Morgan fingerprint density at radius 3 is 2.21 bits per heavy atom. The maximum absolute atomic E-state index is 13.5. The van der Waals surface area contributed by atoms with E-state index in [2.05, 4.69) is 53.5 Å². The number of Topliss-reactive ketones (excluding diaryl/α,β-unsaturated/α-hetero) is 1. The molecule has 7 rings (SSSR count).